The van der Waals surface area contributed by atoms with Crippen LogP contribution >= 0.6 is 0 Å². The van der Waals surface area contributed by atoms with Crippen molar-refractivity contribution in [1.29, 1.82) is 0 Å². The number of carbonyl (C=O) groups excluding carboxylic acids is 1. The van der Waals surface area contributed by atoms with Crippen LogP contribution in [0.4, 0.5) is 30.7 Å². The molecule has 14 heteroatoms. The van der Waals surface area contributed by atoms with Crippen LogP contribution in [0.25, 0.3) is 16.8 Å². The van der Waals surface area contributed by atoms with Crippen LogP contribution in [0.3, 0.4) is 0 Å². The summed E-state index contributed by atoms with van der Waals surface area (Å²) in [5.41, 5.74) is -0.955. The first-order chi connectivity index (χ1) is 15.9. The minimum atomic E-state index is -5.08. The smallest absolute Gasteiger partial charge is 0.475 e. The third-order valence-corrected chi connectivity index (χ3v) is 4.42. The minimum Gasteiger partial charge on any atom is -0.475 e. The van der Waals surface area contributed by atoms with Gasteiger partial charge in [0.05, 0.1) is 16.8 Å². The molecular formula is C21H18F7N3O4. The van der Waals surface area contributed by atoms with Crippen molar-refractivity contribution in [3.63, 3.8) is 0 Å². The summed E-state index contributed by atoms with van der Waals surface area (Å²) in [7, 11) is 0. The molecule has 190 valence electrons. The van der Waals surface area contributed by atoms with E-state index in [4.69, 9.17) is 9.90 Å². The third kappa shape index (κ3) is 6.91. The highest BCUT2D eigenvalue weighted by Crippen LogP contribution is 2.29. The van der Waals surface area contributed by atoms with Gasteiger partial charge in [0.2, 0.25) is 5.82 Å². The number of hydrogen-bond donors (Lipinski definition) is 3. The zero-order chi connectivity index (χ0) is 26.8. The number of hydrogen-bond acceptors (Lipinski definition) is 4. The number of rotatable bonds is 4. The van der Waals surface area contributed by atoms with Crippen molar-refractivity contribution in [2.24, 2.45) is 0 Å². The van der Waals surface area contributed by atoms with Gasteiger partial charge >= 0.3 is 18.3 Å². The predicted molar refractivity (Wildman–Crippen MR) is 108 cm³/mol. The summed E-state index contributed by atoms with van der Waals surface area (Å²) in [5, 5.41) is 18.8. The second-order valence-corrected chi connectivity index (χ2v) is 7.65. The van der Waals surface area contributed by atoms with Crippen LogP contribution in [-0.2, 0) is 4.79 Å². The molecule has 1 atom stereocenters. The summed E-state index contributed by atoms with van der Waals surface area (Å²) in [6.07, 6.45) is -8.46. The number of carboxylic acids is 1. The lowest BCUT2D eigenvalue weighted by molar-refractivity contribution is -0.193. The number of imidazole rings is 1. The number of benzene rings is 1. The summed E-state index contributed by atoms with van der Waals surface area (Å²) >= 11 is 0. The Hall–Kier alpha value is -3.68. The molecule has 2 heterocycles. The maximum Gasteiger partial charge on any atom is 0.490 e. The molecule has 0 bridgehead atoms. The highest BCUT2D eigenvalue weighted by Gasteiger charge is 2.49. The van der Waals surface area contributed by atoms with Gasteiger partial charge in [0.25, 0.3) is 5.91 Å². The number of aliphatic carboxylic acids is 1. The third-order valence-electron chi connectivity index (χ3n) is 4.42. The van der Waals surface area contributed by atoms with Crippen molar-refractivity contribution in [2.75, 3.05) is 0 Å². The van der Waals surface area contributed by atoms with Gasteiger partial charge in [0.15, 0.2) is 6.04 Å². The van der Waals surface area contributed by atoms with E-state index >= 15 is 0 Å². The number of carbonyl (C=O) groups is 2. The summed E-state index contributed by atoms with van der Waals surface area (Å²) in [5.74, 6) is -4.59. The van der Waals surface area contributed by atoms with E-state index < -0.39 is 41.7 Å². The van der Waals surface area contributed by atoms with Crippen molar-refractivity contribution in [2.45, 2.75) is 37.8 Å². The Bertz CT molecular complexity index is 1180. The van der Waals surface area contributed by atoms with E-state index in [0.29, 0.717) is 16.8 Å². The van der Waals surface area contributed by atoms with Gasteiger partial charge in [0.1, 0.15) is 5.82 Å². The zero-order valence-corrected chi connectivity index (χ0v) is 17.9. The molecule has 35 heavy (non-hydrogen) atoms. The molecule has 1 aromatic carbocycles. The molecule has 0 saturated heterocycles. The van der Waals surface area contributed by atoms with E-state index in [-0.39, 0.29) is 5.82 Å². The lowest BCUT2D eigenvalue weighted by atomic mass is 9.98. The van der Waals surface area contributed by atoms with Gasteiger partial charge in [0, 0.05) is 11.8 Å². The standard InChI is InChI=1S/C19H17F4N3O2.C2HF3O2/c1-18(2,28)17(19(21,22)23)25-16(27)15-24-14(11-6-8-12(20)9-7-11)13-5-3-4-10-26(13)15;3-2(4,5)1(6)7/h3-10,17,28H,1-2H3,(H,25,27);(H,6,7). The van der Waals surface area contributed by atoms with Gasteiger partial charge in [-0.15, -0.1) is 0 Å². The van der Waals surface area contributed by atoms with Crippen LogP contribution in [0.1, 0.15) is 24.5 Å². The molecule has 1 unspecified atom stereocenters. The normalized spacial score (nSPS) is 13.1. The number of alkyl halides is 6. The summed E-state index contributed by atoms with van der Waals surface area (Å²) in [6.45, 7) is 1.91. The number of amides is 1. The van der Waals surface area contributed by atoms with Crippen molar-refractivity contribution in [1.82, 2.24) is 14.7 Å². The predicted octanol–water partition coefficient (Wildman–Crippen LogP) is 4.21. The number of nitrogens with zero attached hydrogens (tertiary/aromatic N) is 2. The second-order valence-electron chi connectivity index (χ2n) is 7.65. The Morgan fingerprint density at radius 3 is 2.00 bits per heavy atom. The maximum atomic E-state index is 13.3. The van der Waals surface area contributed by atoms with Gasteiger partial charge in [-0.2, -0.15) is 26.3 Å². The quantitative estimate of drug-likeness (QED) is 0.458. The summed E-state index contributed by atoms with van der Waals surface area (Å²) < 4.78 is 86.1. The zero-order valence-electron chi connectivity index (χ0n) is 17.9. The molecule has 0 aliphatic carbocycles. The first-order valence-corrected chi connectivity index (χ1v) is 9.56. The van der Waals surface area contributed by atoms with Crippen LogP contribution < -0.4 is 5.32 Å². The lowest BCUT2D eigenvalue weighted by Crippen LogP contribution is -2.57. The van der Waals surface area contributed by atoms with Crippen molar-refractivity contribution in [3.05, 3.63) is 60.3 Å². The van der Waals surface area contributed by atoms with E-state index in [1.54, 1.807) is 18.2 Å². The fourth-order valence-corrected chi connectivity index (χ4v) is 2.87. The first kappa shape index (κ1) is 27.6. The largest absolute Gasteiger partial charge is 0.490 e. The molecule has 0 radical (unpaired) electrons. The highest BCUT2D eigenvalue weighted by atomic mass is 19.4. The lowest BCUT2D eigenvalue weighted by Gasteiger charge is -2.31. The molecule has 0 fully saturated rings. The van der Waals surface area contributed by atoms with Gasteiger partial charge in [-0.25, -0.2) is 14.2 Å². The van der Waals surface area contributed by atoms with E-state index in [9.17, 15) is 40.6 Å². The number of nitrogens with one attached hydrogen (secondary N) is 1. The Labute approximate surface area is 192 Å². The SMILES string of the molecule is CC(C)(O)C(NC(=O)c1nc(-c2ccc(F)cc2)c2ccccn12)C(F)(F)F.O=C(O)C(F)(F)F. The summed E-state index contributed by atoms with van der Waals surface area (Å²) in [4.78, 5) is 25.7. The Morgan fingerprint density at radius 1 is 1.00 bits per heavy atom. The molecule has 3 N–H and O–H groups in total. The molecule has 3 aromatic rings. The number of pyridine rings is 1. The van der Waals surface area contributed by atoms with E-state index in [1.165, 1.54) is 34.9 Å². The molecule has 2 aromatic heterocycles. The number of aliphatic hydroxyl groups is 1. The number of carboxylic acid groups (broad SMARTS) is 1. The molecule has 0 saturated carbocycles. The fraction of sp³-hybridized carbons (Fsp3) is 0.286. The van der Waals surface area contributed by atoms with Crippen LogP contribution in [-0.4, -0.2) is 55.5 Å². The van der Waals surface area contributed by atoms with Gasteiger partial charge in [-0.3, -0.25) is 9.20 Å². The molecule has 7 nitrogen and oxygen atoms in total. The van der Waals surface area contributed by atoms with Crippen molar-refractivity contribution < 1.29 is 50.5 Å². The molecule has 0 aliphatic rings. The number of aromatic nitrogens is 2. The van der Waals surface area contributed by atoms with E-state index in [1.807, 2.05) is 5.32 Å². The summed E-state index contributed by atoms with van der Waals surface area (Å²) in [6, 6.07) is 7.79. The van der Waals surface area contributed by atoms with Gasteiger partial charge in [-0.1, -0.05) is 6.07 Å². The maximum absolute atomic E-state index is 13.3. The van der Waals surface area contributed by atoms with E-state index in [2.05, 4.69) is 4.98 Å². The van der Waals surface area contributed by atoms with Crippen molar-refractivity contribution >= 4 is 17.4 Å². The van der Waals surface area contributed by atoms with Crippen LogP contribution in [0.5, 0.6) is 0 Å². The first-order valence-electron chi connectivity index (χ1n) is 9.56. The Kier molecular flexibility index (Phi) is 7.79. The highest BCUT2D eigenvalue weighted by molar-refractivity contribution is 5.94. The monoisotopic (exact) mass is 509 g/mol. The molecule has 0 spiro atoms. The molecular weight excluding hydrogens is 491 g/mol. The Morgan fingerprint density at radius 2 is 1.54 bits per heavy atom. The molecule has 0 aliphatic heterocycles. The van der Waals surface area contributed by atoms with Gasteiger partial charge in [-0.05, 0) is 50.2 Å². The Balaban J connectivity index is 0.000000540. The van der Waals surface area contributed by atoms with Crippen LogP contribution in [0.2, 0.25) is 0 Å². The van der Waals surface area contributed by atoms with Crippen LogP contribution in [0, 0.1) is 5.82 Å². The second kappa shape index (κ2) is 9.90. The average Bonchev–Trinajstić information content (AvgIpc) is 3.10. The van der Waals surface area contributed by atoms with Crippen LogP contribution in [0.15, 0.2) is 48.7 Å². The van der Waals surface area contributed by atoms with E-state index in [0.717, 1.165) is 13.8 Å². The minimum absolute atomic E-state index is 0.284. The average molecular weight is 509 g/mol. The topological polar surface area (TPSA) is 104 Å². The van der Waals surface area contributed by atoms with Gasteiger partial charge < -0.3 is 15.5 Å². The number of fused-ring (bicyclic) bond motifs is 1. The van der Waals surface area contributed by atoms with Crippen molar-refractivity contribution in [3.8, 4) is 11.3 Å². The number of halogens is 7. The fourth-order valence-electron chi connectivity index (χ4n) is 2.87. The molecule has 1 amide bonds. The molecule has 3 rings (SSSR count).